The maximum atomic E-state index is 12.6. The van der Waals surface area contributed by atoms with Gasteiger partial charge in [0.05, 0.1) is 12.1 Å². The van der Waals surface area contributed by atoms with E-state index in [1.807, 2.05) is 11.3 Å². The van der Waals surface area contributed by atoms with Gasteiger partial charge in [-0.2, -0.15) is 0 Å². The van der Waals surface area contributed by atoms with Crippen molar-refractivity contribution in [3.63, 3.8) is 0 Å². The molecule has 1 aliphatic carbocycles. The zero-order chi connectivity index (χ0) is 17.6. The van der Waals surface area contributed by atoms with Crippen LogP contribution in [0.15, 0.2) is 11.4 Å². The van der Waals surface area contributed by atoms with E-state index >= 15 is 0 Å². The number of quaternary nitrogens is 1. The molecule has 0 radical (unpaired) electrons. The number of thiophene rings is 2. The summed E-state index contributed by atoms with van der Waals surface area (Å²) in [5.74, 6) is -0.473. The molecule has 7 heteroatoms. The summed E-state index contributed by atoms with van der Waals surface area (Å²) in [7, 11) is 0. The highest BCUT2D eigenvalue weighted by Gasteiger charge is 2.31. The molecule has 4 rings (SSSR count). The molecule has 3 heterocycles. The number of nitrogens with one attached hydrogen (secondary N) is 2. The Kier molecular flexibility index (Phi) is 4.39. The molecular weight excluding hydrogens is 354 g/mol. The second-order valence-corrected chi connectivity index (χ2v) is 8.94. The van der Waals surface area contributed by atoms with Gasteiger partial charge in [0, 0.05) is 21.7 Å². The monoisotopic (exact) mass is 376 g/mol. The largest absolute Gasteiger partial charge is 0.365 e. The Morgan fingerprint density at radius 1 is 1.32 bits per heavy atom. The van der Waals surface area contributed by atoms with Crippen molar-refractivity contribution in [3.8, 4) is 0 Å². The number of aryl methyl sites for hydroxylation is 1. The first kappa shape index (κ1) is 16.8. The molecule has 5 nitrogen and oxygen atoms in total. The van der Waals surface area contributed by atoms with Crippen LogP contribution in [0, 0.1) is 0 Å². The van der Waals surface area contributed by atoms with Crippen LogP contribution in [0.1, 0.15) is 50.6 Å². The van der Waals surface area contributed by atoms with Crippen LogP contribution in [0.5, 0.6) is 0 Å². The van der Waals surface area contributed by atoms with Gasteiger partial charge in [-0.3, -0.25) is 9.59 Å². The minimum absolute atomic E-state index is 0.0389. The summed E-state index contributed by atoms with van der Waals surface area (Å²) in [5, 5.41) is 5.74. The highest BCUT2D eigenvalue weighted by molar-refractivity contribution is 7.17. The smallest absolute Gasteiger partial charge is 0.280 e. The van der Waals surface area contributed by atoms with E-state index in [2.05, 4.69) is 23.7 Å². The molecule has 2 aromatic heterocycles. The maximum absolute atomic E-state index is 12.6. The van der Waals surface area contributed by atoms with Crippen LogP contribution in [0.4, 0.5) is 5.00 Å². The molecule has 2 amide bonds. The van der Waals surface area contributed by atoms with Crippen molar-refractivity contribution in [2.45, 2.75) is 38.6 Å². The fourth-order valence-corrected chi connectivity index (χ4v) is 6.31. The first-order chi connectivity index (χ1) is 12.0. The summed E-state index contributed by atoms with van der Waals surface area (Å²) >= 11 is 3.33. The number of amides is 2. The number of hydrogen-bond acceptors (Lipinski definition) is 4. The number of carbonyl (C=O) groups excluding carboxylic acids is 2. The van der Waals surface area contributed by atoms with E-state index in [0.717, 1.165) is 37.8 Å². The molecule has 25 heavy (non-hydrogen) atoms. The molecule has 0 saturated carbocycles. The molecule has 0 fully saturated rings. The third-order valence-corrected chi connectivity index (χ3v) is 7.54. The summed E-state index contributed by atoms with van der Waals surface area (Å²) in [6.07, 6.45) is 3.95. The standard InChI is InChI=1S/C18H21N3O2S2/c1-10-11-6-8-24-13(11)5-7-21(10)9-15(22)20-18-16(17(19)23)12-3-2-4-14(12)25-18/h6,8,10H,2-5,7,9H2,1H3,(H2,19,23)(H,20,22)/p+1/t10-/m0/s1. The average Bonchev–Trinajstić information content (AvgIpc) is 3.24. The highest BCUT2D eigenvalue weighted by Crippen LogP contribution is 2.38. The molecular formula is C18H22N3O2S2+. The van der Waals surface area contributed by atoms with Crippen molar-refractivity contribution < 1.29 is 14.5 Å². The number of rotatable bonds is 4. The Morgan fingerprint density at radius 2 is 2.16 bits per heavy atom. The van der Waals surface area contributed by atoms with Crippen molar-refractivity contribution in [1.29, 1.82) is 0 Å². The zero-order valence-corrected chi connectivity index (χ0v) is 15.8. The van der Waals surface area contributed by atoms with Crippen LogP contribution in [0.25, 0.3) is 0 Å². The van der Waals surface area contributed by atoms with Crippen molar-refractivity contribution in [2.24, 2.45) is 5.73 Å². The van der Waals surface area contributed by atoms with E-state index in [1.54, 1.807) is 0 Å². The number of primary amides is 1. The minimum Gasteiger partial charge on any atom is -0.365 e. The van der Waals surface area contributed by atoms with Crippen LogP contribution < -0.4 is 16.0 Å². The molecule has 0 aromatic carbocycles. The van der Waals surface area contributed by atoms with Gasteiger partial charge in [0.15, 0.2) is 6.54 Å². The van der Waals surface area contributed by atoms with Crippen LogP contribution in [-0.2, 0) is 24.1 Å². The number of carbonyl (C=O) groups is 2. The summed E-state index contributed by atoms with van der Waals surface area (Å²) in [4.78, 5) is 28.4. The van der Waals surface area contributed by atoms with Gasteiger partial charge in [0.25, 0.3) is 11.8 Å². The van der Waals surface area contributed by atoms with E-state index in [4.69, 9.17) is 5.73 Å². The Balaban J connectivity index is 1.48. The summed E-state index contributed by atoms with van der Waals surface area (Å²) in [5.41, 5.74) is 8.52. The lowest BCUT2D eigenvalue weighted by Crippen LogP contribution is -3.14. The van der Waals surface area contributed by atoms with Gasteiger partial charge in [-0.05, 0) is 43.2 Å². The molecule has 2 aliphatic rings. The molecule has 0 spiro atoms. The number of hydrogen-bond donors (Lipinski definition) is 3. The Hall–Kier alpha value is -1.70. The molecule has 4 N–H and O–H groups in total. The minimum atomic E-state index is -0.434. The third kappa shape index (κ3) is 3.01. The second-order valence-electron chi connectivity index (χ2n) is 6.83. The predicted octanol–water partition coefficient (Wildman–Crippen LogP) is 1.54. The van der Waals surface area contributed by atoms with Crippen LogP contribution in [-0.4, -0.2) is 24.9 Å². The summed E-state index contributed by atoms with van der Waals surface area (Å²) < 4.78 is 0. The molecule has 0 bridgehead atoms. The van der Waals surface area contributed by atoms with Gasteiger partial charge in [0.1, 0.15) is 11.0 Å². The van der Waals surface area contributed by atoms with E-state index in [9.17, 15) is 9.59 Å². The molecule has 132 valence electrons. The lowest BCUT2D eigenvalue weighted by atomic mass is 10.0. The quantitative estimate of drug-likeness (QED) is 0.757. The number of anilines is 1. The topological polar surface area (TPSA) is 76.6 Å². The van der Waals surface area contributed by atoms with Crippen molar-refractivity contribution in [3.05, 3.63) is 37.9 Å². The zero-order valence-electron chi connectivity index (χ0n) is 14.2. The first-order valence-corrected chi connectivity index (χ1v) is 10.4. The fourth-order valence-electron chi connectivity index (χ4n) is 4.02. The molecule has 2 atom stereocenters. The van der Waals surface area contributed by atoms with Crippen molar-refractivity contribution in [2.75, 3.05) is 18.4 Å². The van der Waals surface area contributed by atoms with E-state index in [1.165, 1.54) is 31.6 Å². The Labute approximate surface area is 154 Å². The van der Waals surface area contributed by atoms with Crippen LogP contribution in [0.3, 0.4) is 0 Å². The van der Waals surface area contributed by atoms with E-state index in [-0.39, 0.29) is 5.91 Å². The third-order valence-electron chi connectivity index (χ3n) is 5.34. The van der Waals surface area contributed by atoms with Gasteiger partial charge < -0.3 is 16.0 Å². The predicted molar refractivity (Wildman–Crippen MR) is 101 cm³/mol. The summed E-state index contributed by atoms with van der Waals surface area (Å²) in [6.45, 7) is 3.56. The lowest BCUT2D eigenvalue weighted by molar-refractivity contribution is -0.923. The van der Waals surface area contributed by atoms with Gasteiger partial charge in [-0.15, -0.1) is 22.7 Å². The first-order valence-electron chi connectivity index (χ1n) is 8.69. The SMILES string of the molecule is C[C@H]1c2ccsc2CC[NH+]1CC(=O)Nc1sc2c(c1C(N)=O)CCC2. The van der Waals surface area contributed by atoms with Crippen molar-refractivity contribution in [1.82, 2.24) is 0 Å². The molecule has 1 unspecified atom stereocenters. The van der Waals surface area contributed by atoms with Gasteiger partial charge in [-0.1, -0.05) is 0 Å². The molecule has 1 aliphatic heterocycles. The van der Waals surface area contributed by atoms with E-state index in [0.29, 0.717) is 23.2 Å². The van der Waals surface area contributed by atoms with Crippen molar-refractivity contribution >= 4 is 39.5 Å². The average molecular weight is 377 g/mol. The Bertz CT molecular complexity index is 839. The maximum Gasteiger partial charge on any atom is 0.280 e. The normalized spacial score (nSPS) is 21.6. The fraction of sp³-hybridized carbons (Fsp3) is 0.444. The summed E-state index contributed by atoms with van der Waals surface area (Å²) in [6, 6.07) is 2.50. The van der Waals surface area contributed by atoms with Crippen LogP contribution in [0.2, 0.25) is 0 Å². The van der Waals surface area contributed by atoms with Gasteiger partial charge >= 0.3 is 0 Å². The van der Waals surface area contributed by atoms with E-state index < -0.39 is 5.91 Å². The second kappa shape index (κ2) is 6.55. The Morgan fingerprint density at radius 3 is 2.96 bits per heavy atom. The molecule has 2 aromatic rings. The van der Waals surface area contributed by atoms with Gasteiger partial charge in [0.2, 0.25) is 0 Å². The molecule has 0 saturated heterocycles. The van der Waals surface area contributed by atoms with Crippen LogP contribution >= 0.6 is 22.7 Å². The lowest BCUT2D eigenvalue weighted by Gasteiger charge is -2.29. The highest BCUT2D eigenvalue weighted by atomic mass is 32.1. The number of fused-ring (bicyclic) bond motifs is 2. The van der Waals surface area contributed by atoms with Gasteiger partial charge in [-0.25, -0.2) is 0 Å². The number of nitrogens with two attached hydrogens (primary N) is 1.